The van der Waals surface area contributed by atoms with Gasteiger partial charge in [0.05, 0.1) is 0 Å². The third-order valence-electron chi connectivity index (χ3n) is 6.93. The minimum absolute atomic E-state index is 1.24. The van der Waals surface area contributed by atoms with Crippen molar-refractivity contribution >= 4 is 0 Å². The van der Waals surface area contributed by atoms with Gasteiger partial charge in [0.15, 0.2) is 0 Å². The van der Waals surface area contributed by atoms with E-state index in [1.54, 1.807) is 0 Å². The number of rotatable bonds is 20. The van der Waals surface area contributed by atoms with Crippen molar-refractivity contribution in [2.45, 2.75) is 135 Å². The third-order valence-corrected chi connectivity index (χ3v) is 6.93. The molecule has 0 saturated carbocycles. The zero-order valence-electron chi connectivity index (χ0n) is 20.7. The zero-order valence-corrected chi connectivity index (χ0v) is 20.7. The molecule has 0 amide bonds. The summed E-state index contributed by atoms with van der Waals surface area (Å²) in [6.45, 7) is 2.30. The van der Waals surface area contributed by atoms with E-state index in [-0.39, 0.29) is 0 Å². The Morgan fingerprint density at radius 3 is 1.39 bits per heavy atom. The van der Waals surface area contributed by atoms with Crippen LogP contribution in [0.25, 0.3) is 11.1 Å². The number of aryl methyl sites for hydroxylation is 1. The number of hydrogen-bond acceptors (Lipinski definition) is 0. The van der Waals surface area contributed by atoms with Crippen LogP contribution in [0.3, 0.4) is 0 Å². The molecule has 0 radical (unpaired) electrons. The monoisotopic (exact) mass is 422 g/mol. The van der Waals surface area contributed by atoms with E-state index in [1.165, 1.54) is 145 Å². The molecule has 0 fully saturated rings. The predicted molar refractivity (Wildman–Crippen MR) is 140 cm³/mol. The van der Waals surface area contributed by atoms with Crippen LogP contribution in [0.5, 0.6) is 0 Å². The Bertz CT molecular complexity index is 613. The van der Waals surface area contributed by atoms with Gasteiger partial charge in [-0.1, -0.05) is 165 Å². The molecule has 0 bridgehead atoms. The van der Waals surface area contributed by atoms with Crippen LogP contribution >= 0.6 is 0 Å². The van der Waals surface area contributed by atoms with Gasteiger partial charge in [-0.15, -0.1) is 0 Å². The largest absolute Gasteiger partial charge is 0.0654 e. The van der Waals surface area contributed by atoms with Crippen LogP contribution in [-0.2, 0) is 6.42 Å². The highest BCUT2D eigenvalue weighted by atomic mass is 14.1. The maximum Gasteiger partial charge on any atom is -0.0152 e. The molecule has 0 aliphatic heterocycles. The fourth-order valence-corrected chi connectivity index (χ4v) is 4.89. The first-order valence-corrected chi connectivity index (χ1v) is 13.9. The van der Waals surface area contributed by atoms with Crippen LogP contribution < -0.4 is 0 Å². The van der Waals surface area contributed by atoms with Crippen molar-refractivity contribution in [3.05, 3.63) is 48.0 Å². The first kappa shape index (κ1) is 26.0. The minimum Gasteiger partial charge on any atom is -0.0654 e. The maximum absolute atomic E-state index is 2.33. The number of hydrogen-bond donors (Lipinski definition) is 0. The Kier molecular flexibility index (Phi) is 15.3. The molecule has 0 heterocycles. The van der Waals surface area contributed by atoms with Crippen LogP contribution in [0.4, 0.5) is 0 Å². The standard InChI is InChI=1S/C31H50/c1-2-3-4-5-6-7-8-9-10-11-12-13-14-15-16-17-18-19-21-24-29-27-28-30-25-22-20-23-26-31(29)30/h20,22-23,25-28H,2-19,21,24H2,1H3. The second kappa shape index (κ2) is 18.3. The molecule has 2 aliphatic carbocycles. The lowest BCUT2D eigenvalue weighted by molar-refractivity contribution is 0.523. The molecule has 31 heavy (non-hydrogen) atoms. The molecular weight excluding hydrogens is 372 g/mol. The molecule has 0 saturated heterocycles. The fourth-order valence-electron chi connectivity index (χ4n) is 4.89. The SMILES string of the molecule is CCCCCCCCCCCCCCCCCCCCCc1ccc2cccccc1-2. The van der Waals surface area contributed by atoms with Gasteiger partial charge in [0.2, 0.25) is 0 Å². The summed E-state index contributed by atoms with van der Waals surface area (Å²) < 4.78 is 0. The van der Waals surface area contributed by atoms with E-state index in [1.807, 2.05) is 0 Å². The van der Waals surface area contributed by atoms with Crippen molar-refractivity contribution < 1.29 is 0 Å². The van der Waals surface area contributed by atoms with Gasteiger partial charge in [-0.25, -0.2) is 0 Å². The van der Waals surface area contributed by atoms with E-state index in [4.69, 9.17) is 0 Å². The summed E-state index contributed by atoms with van der Waals surface area (Å²) in [6, 6.07) is 15.6. The van der Waals surface area contributed by atoms with E-state index in [0.717, 1.165) is 0 Å². The van der Waals surface area contributed by atoms with Gasteiger partial charge in [0.25, 0.3) is 0 Å². The Balaban J connectivity index is 1.30. The molecule has 0 aromatic rings. The van der Waals surface area contributed by atoms with Gasteiger partial charge in [0.1, 0.15) is 0 Å². The van der Waals surface area contributed by atoms with E-state index >= 15 is 0 Å². The van der Waals surface area contributed by atoms with Crippen molar-refractivity contribution in [2.75, 3.05) is 0 Å². The van der Waals surface area contributed by atoms with Crippen LogP contribution in [0, 0.1) is 0 Å². The zero-order chi connectivity index (χ0) is 21.8. The second-order valence-corrected chi connectivity index (χ2v) is 9.75. The molecule has 0 aromatic carbocycles. The summed E-state index contributed by atoms with van der Waals surface area (Å²) in [7, 11) is 0. The first-order valence-electron chi connectivity index (χ1n) is 13.9. The lowest BCUT2D eigenvalue weighted by Crippen LogP contribution is -1.86. The smallest absolute Gasteiger partial charge is 0.0152 e. The maximum atomic E-state index is 2.33. The topological polar surface area (TPSA) is 0 Å². The molecule has 0 aromatic heterocycles. The molecule has 0 atom stereocenters. The molecular formula is C31H50. The van der Waals surface area contributed by atoms with Crippen molar-refractivity contribution in [1.29, 1.82) is 0 Å². The number of fused-ring (bicyclic) bond motifs is 1. The minimum atomic E-state index is 1.24. The first-order chi connectivity index (χ1) is 15.4. The summed E-state index contributed by atoms with van der Waals surface area (Å²) in [5, 5.41) is 0. The normalized spacial score (nSPS) is 11.4. The average Bonchev–Trinajstić information content (AvgIpc) is 3.01. The van der Waals surface area contributed by atoms with Crippen LogP contribution in [0.2, 0.25) is 0 Å². The van der Waals surface area contributed by atoms with Gasteiger partial charge >= 0.3 is 0 Å². The second-order valence-electron chi connectivity index (χ2n) is 9.75. The number of unbranched alkanes of at least 4 members (excludes halogenated alkanes) is 18. The Hall–Kier alpha value is -1.30. The van der Waals surface area contributed by atoms with Crippen molar-refractivity contribution in [1.82, 2.24) is 0 Å². The van der Waals surface area contributed by atoms with Gasteiger partial charge in [-0.3, -0.25) is 0 Å². The lowest BCUT2D eigenvalue weighted by atomic mass is 10.0. The Labute approximate surface area is 194 Å². The highest BCUT2D eigenvalue weighted by Gasteiger charge is 2.06. The molecule has 0 unspecified atom stereocenters. The van der Waals surface area contributed by atoms with Gasteiger partial charge < -0.3 is 0 Å². The quantitative estimate of drug-likeness (QED) is 0.186. The molecule has 2 aliphatic rings. The predicted octanol–water partition coefficient (Wildman–Crippen LogP) is 10.8. The van der Waals surface area contributed by atoms with E-state index in [9.17, 15) is 0 Å². The molecule has 174 valence electrons. The molecule has 0 N–H and O–H groups in total. The lowest BCUT2D eigenvalue weighted by Gasteiger charge is -2.04. The highest BCUT2D eigenvalue weighted by molar-refractivity contribution is 5.70. The molecule has 0 nitrogen and oxygen atoms in total. The summed E-state index contributed by atoms with van der Waals surface area (Å²) in [5.41, 5.74) is 4.38. The van der Waals surface area contributed by atoms with Crippen LogP contribution in [-0.4, -0.2) is 0 Å². The van der Waals surface area contributed by atoms with Gasteiger partial charge in [-0.2, -0.15) is 0 Å². The summed E-state index contributed by atoms with van der Waals surface area (Å²) >= 11 is 0. The van der Waals surface area contributed by atoms with E-state index in [2.05, 4.69) is 49.4 Å². The molecule has 0 heteroatoms. The van der Waals surface area contributed by atoms with Crippen LogP contribution in [0.1, 0.15) is 134 Å². The van der Waals surface area contributed by atoms with Gasteiger partial charge in [-0.05, 0) is 29.5 Å². The Morgan fingerprint density at radius 1 is 0.419 bits per heavy atom. The van der Waals surface area contributed by atoms with E-state index in [0.29, 0.717) is 0 Å². The fraction of sp³-hybridized carbons (Fsp3) is 0.677. The highest BCUT2D eigenvalue weighted by Crippen LogP contribution is 2.28. The summed E-state index contributed by atoms with van der Waals surface area (Å²) in [4.78, 5) is 0. The summed E-state index contributed by atoms with van der Waals surface area (Å²) in [5.74, 6) is 0. The molecule has 0 spiro atoms. The van der Waals surface area contributed by atoms with Crippen LogP contribution in [0.15, 0.2) is 42.5 Å². The van der Waals surface area contributed by atoms with Crippen molar-refractivity contribution in [3.8, 4) is 11.1 Å². The van der Waals surface area contributed by atoms with Gasteiger partial charge in [0, 0.05) is 0 Å². The van der Waals surface area contributed by atoms with Crippen molar-refractivity contribution in [2.24, 2.45) is 0 Å². The van der Waals surface area contributed by atoms with E-state index < -0.39 is 0 Å². The summed E-state index contributed by atoms with van der Waals surface area (Å²) in [6.07, 6.45) is 28.8. The average molecular weight is 423 g/mol. The van der Waals surface area contributed by atoms with Crippen molar-refractivity contribution in [3.63, 3.8) is 0 Å². The Morgan fingerprint density at radius 2 is 0.871 bits per heavy atom. The third kappa shape index (κ3) is 12.4. The molecule has 2 rings (SSSR count).